The zero-order chi connectivity index (χ0) is 13.5. The van der Waals surface area contributed by atoms with E-state index in [0.717, 1.165) is 37.0 Å². The van der Waals surface area contributed by atoms with E-state index in [0.29, 0.717) is 0 Å². The molecule has 1 aliphatic carbocycles. The van der Waals surface area contributed by atoms with E-state index >= 15 is 0 Å². The number of rotatable bonds is 4. The molecule has 4 nitrogen and oxygen atoms in total. The van der Waals surface area contributed by atoms with E-state index in [1.54, 1.807) is 13.3 Å². The lowest BCUT2D eigenvalue weighted by molar-refractivity contribution is -0.125. The summed E-state index contributed by atoms with van der Waals surface area (Å²) in [6.45, 7) is 0. The molecule has 0 heterocycles. The predicted molar refractivity (Wildman–Crippen MR) is 75.3 cm³/mol. The van der Waals surface area contributed by atoms with Crippen molar-refractivity contribution in [1.29, 1.82) is 0 Å². The van der Waals surface area contributed by atoms with Crippen LogP contribution in [0.1, 0.15) is 37.7 Å². The van der Waals surface area contributed by atoms with E-state index in [9.17, 15) is 4.79 Å². The van der Waals surface area contributed by atoms with Crippen LogP contribution in [0.4, 0.5) is 0 Å². The van der Waals surface area contributed by atoms with Crippen LogP contribution in [0.3, 0.4) is 0 Å². The number of para-hydroxylation sites is 1. The van der Waals surface area contributed by atoms with Crippen LogP contribution in [0.25, 0.3) is 0 Å². The largest absolute Gasteiger partial charge is 0.496 e. The van der Waals surface area contributed by atoms with E-state index in [1.807, 2.05) is 24.3 Å². The zero-order valence-electron chi connectivity index (χ0n) is 11.3. The molecule has 0 aliphatic heterocycles. The molecule has 0 saturated heterocycles. The third-order valence-electron chi connectivity index (χ3n) is 3.49. The first kappa shape index (κ1) is 13.6. The van der Waals surface area contributed by atoms with Gasteiger partial charge in [0.25, 0.3) is 0 Å². The number of methoxy groups -OCH3 is 1. The Balaban J connectivity index is 1.90. The lowest BCUT2D eigenvalue weighted by atomic mass is 9.89. The lowest BCUT2D eigenvalue weighted by Gasteiger charge is -2.19. The van der Waals surface area contributed by atoms with Gasteiger partial charge in [0.15, 0.2) is 0 Å². The maximum atomic E-state index is 11.9. The quantitative estimate of drug-likeness (QED) is 0.668. The molecule has 4 heteroatoms. The summed E-state index contributed by atoms with van der Waals surface area (Å²) in [6, 6.07) is 7.57. The summed E-state index contributed by atoms with van der Waals surface area (Å²) in [5.41, 5.74) is 3.48. The van der Waals surface area contributed by atoms with Crippen molar-refractivity contribution in [1.82, 2.24) is 5.43 Å². The van der Waals surface area contributed by atoms with Crippen LogP contribution in [0.2, 0.25) is 0 Å². The van der Waals surface area contributed by atoms with E-state index in [1.165, 1.54) is 6.42 Å². The number of nitrogens with one attached hydrogen (secondary N) is 1. The monoisotopic (exact) mass is 260 g/mol. The standard InChI is InChI=1S/C15H20N2O2/c1-19-14-10-6-5-9-13(14)11-16-17-15(18)12-7-3-2-4-8-12/h5-6,9-12H,2-4,7-8H2,1H3,(H,17,18)/b16-11-. The van der Waals surface area contributed by atoms with Gasteiger partial charge in [-0.15, -0.1) is 0 Å². The number of hydrazone groups is 1. The Labute approximate surface area is 113 Å². The fourth-order valence-corrected chi connectivity index (χ4v) is 2.39. The van der Waals surface area contributed by atoms with Crippen LogP contribution in [0.15, 0.2) is 29.4 Å². The number of hydrogen-bond acceptors (Lipinski definition) is 3. The van der Waals surface area contributed by atoms with Gasteiger partial charge in [-0.1, -0.05) is 31.4 Å². The van der Waals surface area contributed by atoms with Gasteiger partial charge in [-0.2, -0.15) is 5.10 Å². The second kappa shape index (κ2) is 6.92. The zero-order valence-corrected chi connectivity index (χ0v) is 11.3. The topological polar surface area (TPSA) is 50.7 Å². The van der Waals surface area contributed by atoms with Gasteiger partial charge in [0.05, 0.1) is 13.3 Å². The fourth-order valence-electron chi connectivity index (χ4n) is 2.39. The number of amides is 1. The maximum absolute atomic E-state index is 11.9. The molecule has 0 spiro atoms. The average Bonchev–Trinajstić information content (AvgIpc) is 2.48. The molecule has 0 atom stereocenters. The van der Waals surface area contributed by atoms with E-state index in [4.69, 9.17) is 4.74 Å². The molecule has 0 unspecified atom stereocenters. The number of nitrogens with zero attached hydrogens (tertiary/aromatic N) is 1. The molecular weight excluding hydrogens is 240 g/mol. The number of carbonyl (C=O) groups is 1. The van der Waals surface area contributed by atoms with Crippen molar-refractivity contribution in [3.63, 3.8) is 0 Å². The molecule has 0 radical (unpaired) electrons. The van der Waals surface area contributed by atoms with Crippen LogP contribution in [-0.4, -0.2) is 19.2 Å². The summed E-state index contributed by atoms with van der Waals surface area (Å²) in [6.07, 6.45) is 7.13. The van der Waals surface area contributed by atoms with Crippen molar-refractivity contribution in [2.24, 2.45) is 11.0 Å². The minimum absolute atomic E-state index is 0.0332. The number of ether oxygens (including phenoxy) is 1. The van der Waals surface area contributed by atoms with Gasteiger partial charge in [-0.25, -0.2) is 5.43 Å². The first-order valence-electron chi connectivity index (χ1n) is 6.77. The highest BCUT2D eigenvalue weighted by atomic mass is 16.5. The van der Waals surface area contributed by atoms with Gasteiger partial charge in [-0.3, -0.25) is 4.79 Å². The predicted octanol–water partition coefficient (Wildman–Crippen LogP) is 2.73. The molecule has 1 fully saturated rings. The van der Waals surface area contributed by atoms with Gasteiger partial charge < -0.3 is 4.74 Å². The second-order valence-corrected chi connectivity index (χ2v) is 4.81. The minimum atomic E-state index is 0.0332. The molecule has 102 valence electrons. The van der Waals surface area contributed by atoms with Crippen LogP contribution in [0, 0.1) is 5.92 Å². The summed E-state index contributed by atoms with van der Waals surface area (Å²) < 4.78 is 5.22. The smallest absolute Gasteiger partial charge is 0.243 e. The lowest BCUT2D eigenvalue weighted by Crippen LogP contribution is -2.28. The Bertz CT molecular complexity index is 451. The van der Waals surface area contributed by atoms with Crippen LogP contribution in [0.5, 0.6) is 5.75 Å². The van der Waals surface area contributed by atoms with Gasteiger partial charge in [0, 0.05) is 11.5 Å². The first-order valence-corrected chi connectivity index (χ1v) is 6.77. The second-order valence-electron chi connectivity index (χ2n) is 4.81. The summed E-state index contributed by atoms with van der Waals surface area (Å²) in [4.78, 5) is 11.9. The number of carbonyl (C=O) groups excluding carboxylic acids is 1. The molecule has 19 heavy (non-hydrogen) atoms. The summed E-state index contributed by atoms with van der Waals surface area (Å²) in [5.74, 6) is 0.910. The third kappa shape index (κ3) is 3.81. The van der Waals surface area contributed by atoms with Gasteiger partial charge >= 0.3 is 0 Å². The molecule has 1 amide bonds. The van der Waals surface area contributed by atoms with Crippen molar-refractivity contribution in [3.05, 3.63) is 29.8 Å². The summed E-state index contributed by atoms with van der Waals surface area (Å²) in [5, 5.41) is 4.02. The minimum Gasteiger partial charge on any atom is -0.496 e. The van der Waals surface area contributed by atoms with Crippen molar-refractivity contribution in [3.8, 4) is 5.75 Å². The van der Waals surface area contributed by atoms with Gasteiger partial charge in [0.1, 0.15) is 5.75 Å². The highest BCUT2D eigenvalue weighted by molar-refractivity contribution is 5.85. The Hall–Kier alpha value is -1.84. The Morgan fingerprint density at radius 1 is 1.32 bits per heavy atom. The molecular formula is C15H20N2O2. The Morgan fingerprint density at radius 3 is 2.79 bits per heavy atom. The first-order chi connectivity index (χ1) is 9.31. The molecule has 2 rings (SSSR count). The number of benzene rings is 1. The van der Waals surface area contributed by atoms with Crippen LogP contribution in [-0.2, 0) is 4.79 Å². The molecule has 1 aromatic rings. The van der Waals surface area contributed by atoms with E-state index < -0.39 is 0 Å². The van der Waals surface area contributed by atoms with Gasteiger partial charge in [-0.05, 0) is 25.0 Å². The van der Waals surface area contributed by atoms with Crippen LogP contribution < -0.4 is 10.2 Å². The average molecular weight is 260 g/mol. The van der Waals surface area contributed by atoms with Crippen molar-refractivity contribution in [2.75, 3.05) is 7.11 Å². The molecule has 1 aliphatic rings. The van der Waals surface area contributed by atoms with Crippen LogP contribution >= 0.6 is 0 Å². The summed E-state index contributed by atoms with van der Waals surface area (Å²) in [7, 11) is 1.62. The highest BCUT2D eigenvalue weighted by Gasteiger charge is 2.20. The molecule has 0 bridgehead atoms. The highest BCUT2D eigenvalue weighted by Crippen LogP contribution is 2.23. The maximum Gasteiger partial charge on any atom is 0.243 e. The van der Waals surface area contributed by atoms with Gasteiger partial charge in [0.2, 0.25) is 5.91 Å². The molecule has 1 aromatic carbocycles. The molecule has 0 aromatic heterocycles. The fraction of sp³-hybridized carbons (Fsp3) is 0.467. The van der Waals surface area contributed by atoms with Crippen molar-refractivity contribution < 1.29 is 9.53 Å². The van der Waals surface area contributed by atoms with Crippen molar-refractivity contribution in [2.45, 2.75) is 32.1 Å². The third-order valence-corrected chi connectivity index (χ3v) is 3.49. The molecule has 1 saturated carbocycles. The number of hydrogen-bond donors (Lipinski definition) is 1. The summed E-state index contributed by atoms with van der Waals surface area (Å²) >= 11 is 0. The molecule has 1 N–H and O–H groups in total. The van der Waals surface area contributed by atoms with Crippen molar-refractivity contribution >= 4 is 12.1 Å². The Kier molecular flexibility index (Phi) is 4.95. The van der Waals surface area contributed by atoms with E-state index in [-0.39, 0.29) is 11.8 Å². The normalized spacial score (nSPS) is 16.5. The van der Waals surface area contributed by atoms with E-state index in [2.05, 4.69) is 10.5 Å². The SMILES string of the molecule is COc1ccccc1/C=N\NC(=O)C1CCCCC1. The Morgan fingerprint density at radius 2 is 2.05 bits per heavy atom.